The van der Waals surface area contributed by atoms with Gasteiger partial charge in [0.25, 0.3) is 5.91 Å². The summed E-state index contributed by atoms with van der Waals surface area (Å²) >= 11 is 0. The summed E-state index contributed by atoms with van der Waals surface area (Å²) in [5.41, 5.74) is -0.295. The Balaban J connectivity index is 1.74. The summed E-state index contributed by atoms with van der Waals surface area (Å²) < 4.78 is 13.1. The van der Waals surface area contributed by atoms with Crippen molar-refractivity contribution in [3.8, 4) is 0 Å². The van der Waals surface area contributed by atoms with Crippen molar-refractivity contribution in [3.63, 3.8) is 0 Å². The Morgan fingerprint density at radius 3 is 2.44 bits per heavy atom. The van der Waals surface area contributed by atoms with Crippen LogP contribution in [-0.4, -0.2) is 41.4 Å². The van der Waals surface area contributed by atoms with Crippen LogP contribution in [0.3, 0.4) is 0 Å². The number of hydrogen-bond acceptors (Lipinski definition) is 3. The third-order valence-electron chi connectivity index (χ3n) is 5.00. The second-order valence-corrected chi connectivity index (χ2v) is 6.58. The Hall–Kier alpha value is -2.44. The van der Waals surface area contributed by atoms with E-state index in [0.717, 1.165) is 24.2 Å². The highest BCUT2D eigenvalue weighted by molar-refractivity contribution is 6.10. The van der Waals surface area contributed by atoms with Crippen molar-refractivity contribution in [1.29, 1.82) is 0 Å². The van der Waals surface area contributed by atoms with Crippen LogP contribution in [0.4, 0.5) is 14.9 Å². The second-order valence-electron chi connectivity index (χ2n) is 6.58. The molecule has 25 heavy (non-hydrogen) atoms. The normalized spacial score (nSPS) is 19.2. The van der Waals surface area contributed by atoms with Gasteiger partial charge in [0.2, 0.25) is 5.91 Å². The number of rotatable bonds is 4. The van der Waals surface area contributed by atoms with Crippen molar-refractivity contribution in [2.24, 2.45) is 0 Å². The van der Waals surface area contributed by atoms with Crippen molar-refractivity contribution < 1.29 is 18.8 Å². The topological polar surface area (TPSA) is 69.7 Å². The van der Waals surface area contributed by atoms with E-state index in [1.807, 2.05) is 0 Å². The number of hydrogen-bond donors (Lipinski definition) is 1. The molecule has 2 fully saturated rings. The van der Waals surface area contributed by atoms with E-state index in [1.54, 1.807) is 6.92 Å². The molecule has 6 nitrogen and oxygen atoms in total. The molecule has 0 radical (unpaired) electrons. The average molecular weight is 347 g/mol. The van der Waals surface area contributed by atoms with Crippen LogP contribution in [-0.2, 0) is 9.59 Å². The molecule has 0 unspecified atom stereocenters. The summed E-state index contributed by atoms with van der Waals surface area (Å²) in [6, 6.07) is 5.05. The van der Waals surface area contributed by atoms with Crippen LogP contribution in [0, 0.1) is 5.82 Å². The third-order valence-corrected chi connectivity index (χ3v) is 5.00. The third kappa shape index (κ3) is 3.23. The fourth-order valence-corrected chi connectivity index (χ4v) is 3.66. The van der Waals surface area contributed by atoms with Gasteiger partial charge in [0.1, 0.15) is 17.9 Å². The van der Waals surface area contributed by atoms with Gasteiger partial charge in [-0.3, -0.25) is 14.5 Å². The molecule has 134 valence electrons. The highest BCUT2D eigenvalue weighted by Crippen LogP contribution is 2.33. The molecule has 4 amide bonds. The maximum absolute atomic E-state index is 13.1. The van der Waals surface area contributed by atoms with Gasteiger partial charge in [-0.1, -0.05) is 19.3 Å². The molecular formula is C18H22FN3O3. The van der Waals surface area contributed by atoms with Crippen LogP contribution < -0.4 is 10.2 Å². The maximum atomic E-state index is 13.1. The summed E-state index contributed by atoms with van der Waals surface area (Å²) in [6.07, 6.45) is 4.09. The first-order valence-electron chi connectivity index (χ1n) is 8.67. The molecule has 1 saturated carbocycles. The van der Waals surface area contributed by atoms with Crippen molar-refractivity contribution >= 4 is 23.5 Å². The Bertz CT molecular complexity index is 683. The van der Waals surface area contributed by atoms with Gasteiger partial charge in [-0.15, -0.1) is 0 Å². The van der Waals surface area contributed by atoms with Crippen LogP contribution in [0.15, 0.2) is 24.3 Å². The number of carbonyl (C=O) groups excluding carboxylic acids is 3. The molecule has 1 saturated heterocycles. The van der Waals surface area contributed by atoms with Gasteiger partial charge in [-0.2, -0.15) is 0 Å². The van der Waals surface area contributed by atoms with Crippen LogP contribution >= 0.6 is 0 Å². The maximum Gasteiger partial charge on any atom is 0.325 e. The summed E-state index contributed by atoms with van der Waals surface area (Å²) in [5, 5.41) is 2.80. The largest absolute Gasteiger partial charge is 0.325 e. The lowest BCUT2D eigenvalue weighted by Gasteiger charge is -2.30. The monoisotopic (exact) mass is 347 g/mol. The molecule has 0 aromatic heterocycles. The standard InChI is InChI=1S/C18H22FN3O3/c1-2-21(14-8-6-13(19)7-9-14)15(23)12-22-16(24)18(20-17(22)25)10-4-3-5-11-18/h6-9H,2-5,10-12H2,1H3,(H,20,25). The quantitative estimate of drug-likeness (QED) is 0.851. The summed E-state index contributed by atoms with van der Waals surface area (Å²) in [7, 11) is 0. The fraction of sp³-hybridized carbons (Fsp3) is 0.500. The molecule has 1 aliphatic heterocycles. The smallest absolute Gasteiger partial charge is 0.323 e. The minimum Gasteiger partial charge on any atom is -0.323 e. The molecule has 1 spiro atoms. The Morgan fingerprint density at radius 2 is 1.84 bits per heavy atom. The zero-order valence-electron chi connectivity index (χ0n) is 14.3. The van der Waals surface area contributed by atoms with E-state index in [1.165, 1.54) is 29.2 Å². The Morgan fingerprint density at radius 1 is 1.20 bits per heavy atom. The van der Waals surface area contributed by atoms with Crippen molar-refractivity contribution in [2.45, 2.75) is 44.6 Å². The predicted octanol–water partition coefficient (Wildman–Crippen LogP) is 2.43. The van der Waals surface area contributed by atoms with Crippen molar-refractivity contribution in [1.82, 2.24) is 10.2 Å². The molecule has 1 aromatic carbocycles. The van der Waals surface area contributed by atoms with E-state index >= 15 is 0 Å². The predicted molar refractivity (Wildman–Crippen MR) is 90.5 cm³/mol. The lowest BCUT2D eigenvalue weighted by atomic mass is 9.82. The second kappa shape index (κ2) is 6.82. The zero-order valence-corrected chi connectivity index (χ0v) is 14.3. The number of carbonyl (C=O) groups is 3. The minimum atomic E-state index is -0.831. The molecule has 0 bridgehead atoms. The molecule has 1 aromatic rings. The summed E-state index contributed by atoms with van der Waals surface area (Å²) in [5.74, 6) is -1.06. The fourth-order valence-electron chi connectivity index (χ4n) is 3.66. The van der Waals surface area contributed by atoms with E-state index in [4.69, 9.17) is 0 Å². The number of urea groups is 1. The molecule has 1 N–H and O–H groups in total. The van der Waals surface area contributed by atoms with Gasteiger partial charge in [-0.05, 0) is 44.0 Å². The van der Waals surface area contributed by atoms with Gasteiger partial charge in [0, 0.05) is 12.2 Å². The molecule has 0 atom stereocenters. The van der Waals surface area contributed by atoms with E-state index in [0.29, 0.717) is 25.1 Å². The first kappa shape index (κ1) is 17.4. The number of halogens is 1. The van der Waals surface area contributed by atoms with Crippen LogP contribution in [0.2, 0.25) is 0 Å². The van der Waals surface area contributed by atoms with E-state index in [-0.39, 0.29) is 24.2 Å². The Kier molecular flexibility index (Phi) is 4.74. The van der Waals surface area contributed by atoms with Crippen molar-refractivity contribution in [2.75, 3.05) is 18.0 Å². The molecule has 3 rings (SSSR count). The summed E-state index contributed by atoms with van der Waals surface area (Å²) in [4.78, 5) is 40.1. The van der Waals surface area contributed by atoms with Gasteiger partial charge in [-0.25, -0.2) is 9.18 Å². The first-order chi connectivity index (χ1) is 12.0. The van der Waals surface area contributed by atoms with Crippen molar-refractivity contribution in [3.05, 3.63) is 30.1 Å². The lowest BCUT2D eigenvalue weighted by Crippen LogP contribution is -2.49. The Labute approximate surface area is 146 Å². The van der Waals surface area contributed by atoms with Gasteiger partial charge in [0.05, 0.1) is 0 Å². The highest BCUT2D eigenvalue weighted by atomic mass is 19.1. The van der Waals surface area contributed by atoms with E-state index in [2.05, 4.69) is 5.32 Å². The molecule has 2 aliphatic rings. The number of benzene rings is 1. The number of anilines is 1. The SMILES string of the molecule is CCN(C(=O)CN1C(=O)NC2(CCCCC2)C1=O)c1ccc(F)cc1. The molecule has 7 heteroatoms. The lowest BCUT2D eigenvalue weighted by molar-refractivity contribution is -0.135. The average Bonchev–Trinajstić information content (AvgIpc) is 2.82. The molecule has 1 heterocycles. The first-order valence-corrected chi connectivity index (χ1v) is 8.67. The van der Waals surface area contributed by atoms with Crippen LogP contribution in [0.5, 0.6) is 0 Å². The van der Waals surface area contributed by atoms with E-state index < -0.39 is 11.6 Å². The summed E-state index contributed by atoms with van der Waals surface area (Å²) in [6.45, 7) is 1.84. The molecular weight excluding hydrogens is 325 g/mol. The van der Waals surface area contributed by atoms with Gasteiger partial charge < -0.3 is 10.2 Å². The van der Waals surface area contributed by atoms with E-state index in [9.17, 15) is 18.8 Å². The van der Waals surface area contributed by atoms with Crippen LogP contribution in [0.25, 0.3) is 0 Å². The number of imide groups is 1. The van der Waals surface area contributed by atoms with Gasteiger partial charge >= 0.3 is 6.03 Å². The number of nitrogens with zero attached hydrogens (tertiary/aromatic N) is 2. The van der Waals surface area contributed by atoms with Gasteiger partial charge in [0.15, 0.2) is 0 Å². The van der Waals surface area contributed by atoms with Crippen LogP contribution in [0.1, 0.15) is 39.0 Å². The highest BCUT2D eigenvalue weighted by Gasteiger charge is 2.51. The minimum absolute atomic E-state index is 0.305. The number of nitrogens with one attached hydrogen (secondary N) is 1. The number of likely N-dealkylation sites (N-methyl/N-ethyl adjacent to an activating group) is 1. The number of amides is 4. The molecule has 1 aliphatic carbocycles. The zero-order chi connectivity index (χ0) is 18.0.